The molecule has 0 heterocycles. The molecule has 6 heteroatoms. The average molecular weight is 328 g/mol. The number of hydrogen-bond acceptors (Lipinski definition) is 2. The van der Waals surface area contributed by atoms with Gasteiger partial charge in [-0.2, -0.15) is 0 Å². The van der Waals surface area contributed by atoms with Gasteiger partial charge in [-0.25, -0.2) is 4.39 Å². The van der Waals surface area contributed by atoms with Crippen molar-refractivity contribution in [3.05, 3.63) is 34.6 Å². The SMILES string of the molecule is CC(C)(CNC(=O)[C@@H]1CC[C@@H]1C(=O)O)c1cccc(Cl)c1F. The molecule has 1 aromatic carbocycles. The standard InChI is InChI=1S/C16H19ClFNO3/c1-16(2,11-4-3-5-12(17)13(11)18)8-19-14(20)9-6-7-10(9)15(21)22/h3-5,9-10H,6-8H2,1-2H3,(H,19,20)(H,21,22)/t9-,10+/m1/s1. The number of benzene rings is 1. The lowest BCUT2D eigenvalue weighted by atomic mass is 9.73. The summed E-state index contributed by atoms with van der Waals surface area (Å²) >= 11 is 5.79. The zero-order chi connectivity index (χ0) is 16.5. The Morgan fingerprint density at radius 2 is 2.00 bits per heavy atom. The summed E-state index contributed by atoms with van der Waals surface area (Å²) in [5.41, 5.74) is -0.226. The Balaban J connectivity index is 2.02. The maximum atomic E-state index is 14.1. The molecule has 2 N–H and O–H groups in total. The highest BCUT2D eigenvalue weighted by molar-refractivity contribution is 6.30. The Hall–Kier alpha value is -1.62. The van der Waals surface area contributed by atoms with Crippen molar-refractivity contribution in [3.8, 4) is 0 Å². The number of halogens is 2. The Morgan fingerprint density at radius 1 is 1.36 bits per heavy atom. The van der Waals surface area contributed by atoms with Crippen molar-refractivity contribution >= 4 is 23.5 Å². The van der Waals surface area contributed by atoms with Crippen molar-refractivity contribution in [2.75, 3.05) is 6.54 Å². The first kappa shape index (κ1) is 16.7. The number of rotatable bonds is 5. The van der Waals surface area contributed by atoms with Crippen LogP contribution in [0.5, 0.6) is 0 Å². The zero-order valence-corrected chi connectivity index (χ0v) is 13.3. The molecule has 1 saturated carbocycles. The molecule has 120 valence electrons. The van der Waals surface area contributed by atoms with Crippen molar-refractivity contribution in [2.45, 2.75) is 32.1 Å². The lowest BCUT2D eigenvalue weighted by Crippen LogP contribution is -2.47. The van der Waals surface area contributed by atoms with Gasteiger partial charge in [-0.1, -0.05) is 37.6 Å². The van der Waals surface area contributed by atoms with Crippen LogP contribution in [0.3, 0.4) is 0 Å². The van der Waals surface area contributed by atoms with Gasteiger partial charge >= 0.3 is 5.97 Å². The quantitative estimate of drug-likeness (QED) is 0.873. The second-order valence-electron chi connectivity index (χ2n) is 6.33. The van der Waals surface area contributed by atoms with Crippen LogP contribution in [0, 0.1) is 17.7 Å². The molecule has 2 atom stereocenters. The maximum Gasteiger partial charge on any atom is 0.307 e. The van der Waals surface area contributed by atoms with Gasteiger partial charge in [0, 0.05) is 12.0 Å². The summed E-state index contributed by atoms with van der Waals surface area (Å²) in [6.07, 6.45) is 1.11. The van der Waals surface area contributed by atoms with Crippen LogP contribution in [0.4, 0.5) is 4.39 Å². The van der Waals surface area contributed by atoms with E-state index in [-0.39, 0.29) is 17.5 Å². The fourth-order valence-electron chi connectivity index (χ4n) is 2.67. The van der Waals surface area contributed by atoms with E-state index in [2.05, 4.69) is 5.32 Å². The van der Waals surface area contributed by atoms with Crippen LogP contribution in [-0.4, -0.2) is 23.5 Å². The monoisotopic (exact) mass is 327 g/mol. The molecule has 0 radical (unpaired) electrons. The van der Waals surface area contributed by atoms with Gasteiger partial charge in [0.2, 0.25) is 5.91 Å². The molecule has 22 heavy (non-hydrogen) atoms. The van der Waals surface area contributed by atoms with Crippen LogP contribution >= 0.6 is 11.6 Å². The van der Waals surface area contributed by atoms with E-state index in [1.807, 2.05) is 0 Å². The number of nitrogens with one attached hydrogen (secondary N) is 1. The predicted octanol–water partition coefficient (Wildman–Crippen LogP) is 2.98. The van der Waals surface area contributed by atoms with Gasteiger partial charge in [-0.15, -0.1) is 0 Å². The normalized spacial score (nSPS) is 21.1. The Kier molecular flexibility index (Phi) is 4.75. The molecule has 2 rings (SSSR count). The summed E-state index contributed by atoms with van der Waals surface area (Å²) in [4.78, 5) is 23.0. The Bertz CT molecular complexity index is 603. The maximum absolute atomic E-state index is 14.1. The summed E-state index contributed by atoms with van der Waals surface area (Å²) in [5, 5.41) is 11.8. The summed E-state index contributed by atoms with van der Waals surface area (Å²) in [6.45, 7) is 3.82. The first-order valence-electron chi connectivity index (χ1n) is 7.19. The molecule has 0 aliphatic heterocycles. The van der Waals surface area contributed by atoms with E-state index in [1.165, 1.54) is 6.07 Å². The molecule has 1 aliphatic rings. The number of aliphatic carboxylic acids is 1. The zero-order valence-electron chi connectivity index (χ0n) is 12.5. The first-order valence-corrected chi connectivity index (χ1v) is 7.57. The van der Waals surface area contributed by atoms with Crippen molar-refractivity contribution in [2.24, 2.45) is 11.8 Å². The molecule has 0 unspecified atom stereocenters. The molecular weight excluding hydrogens is 309 g/mol. The van der Waals surface area contributed by atoms with E-state index in [9.17, 15) is 14.0 Å². The Labute approximate surface area is 133 Å². The summed E-state index contributed by atoms with van der Waals surface area (Å²) < 4.78 is 14.1. The van der Waals surface area contributed by atoms with E-state index in [4.69, 9.17) is 16.7 Å². The Morgan fingerprint density at radius 3 is 2.55 bits per heavy atom. The van der Waals surface area contributed by atoms with E-state index < -0.39 is 29.0 Å². The van der Waals surface area contributed by atoms with Crippen molar-refractivity contribution in [1.82, 2.24) is 5.32 Å². The van der Waals surface area contributed by atoms with Crippen LogP contribution in [-0.2, 0) is 15.0 Å². The highest BCUT2D eigenvalue weighted by Gasteiger charge is 2.41. The van der Waals surface area contributed by atoms with Crippen LogP contribution in [0.15, 0.2) is 18.2 Å². The van der Waals surface area contributed by atoms with Crippen LogP contribution in [0.25, 0.3) is 0 Å². The topological polar surface area (TPSA) is 66.4 Å². The van der Waals surface area contributed by atoms with Gasteiger partial charge in [-0.3, -0.25) is 9.59 Å². The number of carbonyl (C=O) groups excluding carboxylic acids is 1. The first-order chi connectivity index (χ1) is 10.2. The van der Waals surface area contributed by atoms with Gasteiger partial charge in [0.05, 0.1) is 16.9 Å². The molecule has 1 aromatic rings. The van der Waals surface area contributed by atoms with Crippen LogP contribution in [0.1, 0.15) is 32.3 Å². The molecule has 0 saturated heterocycles. The minimum atomic E-state index is -0.938. The third-order valence-electron chi connectivity index (χ3n) is 4.31. The summed E-state index contributed by atoms with van der Waals surface area (Å²) in [5.74, 6) is -2.81. The number of hydrogen-bond donors (Lipinski definition) is 2. The van der Waals surface area contributed by atoms with Crippen molar-refractivity contribution < 1.29 is 19.1 Å². The second kappa shape index (κ2) is 6.24. The molecule has 0 spiro atoms. The largest absolute Gasteiger partial charge is 0.481 e. The number of amides is 1. The van der Waals surface area contributed by atoms with E-state index in [1.54, 1.807) is 26.0 Å². The predicted molar refractivity (Wildman–Crippen MR) is 81.3 cm³/mol. The molecule has 1 aliphatic carbocycles. The fraction of sp³-hybridized carbons (Fsp3) is 0.500. The third kappa shape index (κ3) is 3.24. The lowest BCUT2D eigenvalue weighted by molar-refractivity contribution is -0.152. The highest BCUT2D eigenvalue weighted by Crippen LogP contribution is 2.35. The van der Waals surface area contributed by atoms with Gasteiger partial charge in [-0.05, 0) is 24.5 Å². The lowest BCUT2D eigenvalue weighted by Gasteiger charge is -2.33. The fourth-order valence-corrected chi connectivity index (χ4v) is 2.84. The summed E-state index contributed by atoms with van der Waals surface area (Å²) in [7, 11) is 0. The number of carboxylic acid groups (broad SMARTS) is 1. The van der Waals surface area contributed by atoms with Crippen LogP contribution in [0.2, 0.25) is 5.02 Å². The number of carbonyl (C=O) groups is 2. The van der Waals surface area contributed by atoms with Crippen molar-refractivity contribution in [3.63, 3.8) is 0 Å². The minimum absolute atomic E-state index is 0.0434. The van der Waals surface area contributed by atoms with E-state index in [0.717, 1.165) is 0 Å². The van der Waals surface area contributed by atoms with Crippen molar-refractivity contribution in [1.29, 1.82) is 0 Å². The highest BCUT2D eigenvalue weighted by atomic mass is 35.5. The molecule has 1 fully saturated rings. The third-order valence-corrected chi connectivity index (χ3v) is 4.61. The van der Waals surface area contributed by atoms with Gasteiger partial charge < -0.3 is 10.4 Å². The molecule has 0 aromatic heterocycles. The minimum Gasteiger partial charge on any atom is -0.481 e. The van der Waals surface area contributed by atoms with E-state index >= 15 is 0 Å². The molecule has 4 nitrogen and oxygen atoms in total. The average Bonchev–Trinajstić information content (AvgIpc) is 2.37. The molecule has 0 bridgehead atoms. The second-order valence-corrected chi connectivity index (χ2v) is 6.74. The summed E-state index contributed by atoms with van der Waals surface area (Å²) in [6, 6.07) is 4.77. The molecule has 1 amide bonds. The van der Waals surface area contributed by atoms with Crippen LogP contribution < -0.4 is 5.32 Å². The van der Waals surface area contributed by atoms with E-state index in [0.29, 0.717) is 18.4 Å². The number of carboxylic acids is 1. The van der Waals surface area contributed by atoms with Gasteiger partial charge in [0.1, 0.15) is 5.82 Å². The van der Waals surface area contributed by atoms with Gasteiger partial charge in [0.15, 0.2) is 0 Å². The smallest absolute Gasteiger partial charge is 0.307 e. The molecular formula is C16H19ClFNO3. The van der Waals surface area contributed by atoms with Gasteiger partial charge in [0.25, 0.3) is 0 Å².